The van der Waals surface area contributed by atoms with E-state index < -0.39 is 0 Å². The Labute approximate surface area is 71.0 Å². The van der Waals surface area contributed by atoms with Crippen molar-refractivity contribution in [2.75, 3.05) is 6.54 Å². The normalized spacial score (nSPS) is 10.2. The average molecular weight is 167 g/mol. The standard InChI is InChI=1S/C8H13N3O/c1-2-7-3-4-8(12)11(10-7)6-5-9/h3-4H,2,5-6,9H2,1H3. The van der Waals surface area contributed by atoms with Gasteiger partial charge in [0.15, 0.2) is 0 Å². The highest BCUT2D eigenvalue weighted by atomic mass is 16.1. The molecule has 0 aliphatic heterocycles. The van der Waals surface area contributed by atoms with Gasteiger partial charge < -0.3 is 5.73 Å². The number of hydrogen-bond acceptors (Lipinski definition) is 3. The van der Waals surface area contributed by atoms with Crippen LogP contribution in [0.2, 0.25) is 0 Å². The van der Waals surface area contributed by atoms with Gasteiger partial charge in [-0.05, 0) is 12.5 Å². The largest absolute Gasteiger partial charge is 0.329 e. The fraction of sp³-hybridized carbons (Fsp3) is 0.500. The second-order valence-electron chi connectivity index (χ2n) is 2.53. The number of aryl methyl sites for hydroxylation is 1. The SMILES string of the molecule is CCc1ccc(=O)n(CCN)n1. The Morgan fingerprint density at radius 1 is 1.58 bits per heavy atom. The van der Waals surface area contributed by atoms with Crippen molar-refractivity contribution in [2.45, 2.75) is 19.9 Å². The number of nitrogens with two attached hydrogens (primary N) is 1. The minimum absolute atomic E-state index is 0.0855. The van der Waals surface area contributed by atoms with E-state index in [2.05, 4.69) is 5.10 Å². The van der Waals surface area contributed by atoms with Gasteiger partial charge in [-0.1, -0.05) is 6.92 Å². The fourth-order valence-corrected chi connectivity index (χ4v) is 0.962. The van der Waals surface area contributed by atoms with Crippen LogP contribution in [0, 0.1) is 0 Å². The summed E-state index contributed by atoms with van der Waals surface area (Å²) in [6.45, 7) is 2.94. The van der Waals surface area contributed by atoms with Crippen molar-refractivity contribution in [2.24, 2.45) is 5.73 Å². The first-order valence-corrected chi connectivity index (χ1v) is 4.05. The highest BCUT2D eigenvalue weighted by Crippen LogP contribution is 1.89. The Morgan fingerprint density at radius 3 is 2.92 bits per heavy atom. The highest BCUT2D eigenvalue weighted by molar-refractivity contribution is 4.99. The first-order valence-electron chi connectivity index (χ1n) is 4.05. The van der Waals surface area contributed by atoms with E-state index in [4.69, 9.17) is 5.73 Å². The molecule has 4 heteroatoms. The molecule has 12 heavy (non-hydrogen) atoms. The summed E-state index contributed by atoms with van der Waals surface area (Å²) in [4.78, 5) is 11.1. The van der Waals surface area contributed by atoms with Crippen LogP contribution < -0.4 is 11.3 Å². The van der Waals surface area contributed by atoms with Crippen molar-refractivity contribution >= 4 is 0 Å². The Kier molecular flexibility index (Phi) is 2.99. The summed E-state index contributed by atoms with van der Waals surface area (Å²) in [5, 5.41) is 4.10. The monoisotopic (exact) mass is 167 g/mol. The van der Waals surface area contributed by atoms with Crippen molar-refractivity contribution in [3.63, 3.8) is 0 Å². The molecule has 1 rings (SSSR count). The van der Waals surface area contributed by atoms with Crippen LogP contribution in [0.3, 0.4) is 0 Å². The van der Waals surface area contributed by atoms with Gasteiger partial charge >= 0.3 is 0 Å². The molecular weight excluding hydrogens is 154 g/mol. The number of rotatable bonds is 3. The average Bonchev–Trinajstić information content (AvgIpc) is 2.09. The lowest BCUT2D eigenvalue weighted by Gasteiger charge is -2.02. The minimum Gasteiger partial charge on any atom is -0.329 e. The van der Waals surface area contributed by atoms with Crippen molar-refractivity contribution < 1.29 is 0 Å². The zero-order valence-corrected chi connectivity index (χ0v) is 7.16. The van der Waals surface area contributed by atoms with Crippen molar-refractivity contribution in [1.82, 2.24) is 9.78 Å². The van der Waals surface area contributed by atoms with Crippen LogP contribution >= 0.6 is 0 Å². The summed E-state index contributed by atoms with van der Waals surface area (Å²) < 4.78 is 1.40. The zero-order valence-electron chi connectivity index (χ0n) is 7.16. The summed E-state index contributed by atoms with van der Waals surface area (Å²) in [6.07, 6.45) is 0.838. The van der Waals surface area contributed by atoms with Gasteiger partial charge in [-0.25, -0.2) is 4.68 Å². The first kappa shape index (κ1) is 8.93. The molecule has 2 N–H and O–H groups in total. The van der Waals surface area contributed by atoms with Crippen molar-refractivity contribution in [1.29, 1.82) is 0 Å². The third-order valence-electron chi connectivity index (χ3n) is 1.62. The minimum atomic E-state index is -0.0855. The van der Waals surface area contributed by atoms with Gasteiger partial charge in [-0.3, -0.25) is 4.79 Å². The van der Waals surface area contributed by atoms with E-state index in [0.717, 1.165) is 12.1 Å². The maximum atomic E-state index is 11.1. The van der Waals surface area contributed by atoms with Gasteiger partial charge in [0.2, 0.25) is 0 Å². The highest BCUT2D eigenvalue weighted by Gasteiger charge is 1.96. The molecule has 0 saturated heterocycles. The quantitative estimate of drug-likeness (QED) is 0.676. The molecule has 0 atom stereocenters. The fourth-order valence-electron chi connectivity index (χ4n) is 0.962. The van der Waals surface area contributed by atoms with E-state index >= 15 is 0 Å². The van der Waals surface area contributed by atoms with Crippen LogP contribution in [0.1, 0.15) is 12.6 Å². The van der Waals surface area contributed by atoms with Crippen molar-refractivity contribution in [3.05, 3.63) is 28.2 Å². The Morgan fingerprint density at radius 2 is 2.33 bits per heavy atom. The number of hydrogen-bond donors (Lipinski definition) is 1. The van der Waals surface area contributed by atoms with E-state index in [1.165, 1.54) is 10.7 Å². The van der Waals surface area contributed by atoms with Crippen LogP contribution in [0.5, 0.6) is 0 Å². The molecule has 0 aromatic carbocycles. The molecule has 0 radical (unpaired) electrons. The smallest absolute Gasteiger partial charge is 0.266 e. The van der Waals surface area contributed by atoms with E-state index in [0.29, 0.717) is 13.1 Å². The summed E-state index contributed by atoms with van der Waals surface area (Å²) in [6, 6.07) is 3.27. The van der Waals surface area contributed by atoms with Gasteiger partial charge in [-0.15, -0.1) is 0 Å². The molecular formula is C8H13N3O. The molecule has 4 nitrogen and oxygen atoms in total. The lowest BCUT2D eigenvalue weighted by molar-refractivity contribution is 0.574. The Bertz CT molecular complexity index is 305. The maximum absolute atomic E-state index is 11.1. The van der Waals surface area contributed by atoms with Crippen LogP contribution in [-0.4, -0.2) is 16.3 Å². The van der Waals surface area contributed by atoms with Gasteiger partial charge in [0.05, 0.1) is 12.2 Å². The van der Waals surface area contributed by atoms with Crippen LogP contribution in [-0.2, 0) is 13.0 Å². The molecule has 0 aliphatic carbocycles. The molecule has 1 aromatic heterocycles. The van der Waals surface area contributed by atoms with Crippen molar-refractivity contribution in [3.8, 4) is 0 Å². The first-order chi connectivity index (χ1) is 5.77. The molecule has 0 saturated carbocycles. The summed E-state index contributed by atoms with van der Waals surface area (Å²) in [7, 11) is 0. The van der Waals surface area contributed by atoms with E-state index in [1.54, 1.807) is 6.07 Å². The topological polar surface area (TPSA) is 60.9 Å². The molecule has 0 spiro atoms. The Hall–Kier alpha value is -1.16. The lowest BCUT2D eigenvalue weighted by Crippen LogP contribution is -2.26. The van der Waals surface area contributed by atoms with E-state index in [-0.39, 0.29) is 5.56 Å². The summed E-state index contributed by atoms with van der Waals surface area (Å²) >= 11 is 0. The molecule has 66 valence electrons. The van der Waals surface area contributed by atoms with E-state index in [1.807, 2.05) is 6.92 Å². The zero-order chi connectivity index (χ0) is 8.97. The molecule has 0 bridgehead atoms. The number of nitrogens with zero attached hydrogens (tertiary/aromatic N) is 2. The Balaban J connectivity index is 3.00. The predicted octanol–water partition coefficient (Wildman–Crippen LogP) is -0.236. The predicted molar refractivity (Wildman–Crippen MR) is 46.9 cm³/mol. The third kappa shape index (κ3) is 1.92. The second kappa shape index (κ2) is 4.01. The van der Waals surface area contributed by atoms with Crippen LogP contribution in [0.15, 0.2) is 16.9 Å². The summed E-state index contributed by atoms with van der Waals surface area (Å²) in [5.74, 6) is 0. The van der Waals surface area contributed by atoms with Gasteiger partial charge in [0, 0.05) is 12.6 Å². The van der Waals surface area contributed by atoms with Gasteiger partial charge in [-0.2, -0.15) is 5.10 Å². The maximum Gasteiger partial charge on any atom is 0.266 e. The molecule has 1 aromatic rings. The van der Waals surface area contributed by atoms with E-state index in [9.17, 15) is 4.79 Å². The molecule has 0 fully saturated rings. The van der Waals surface area contributed by atoms with Gasteiger partial charge in [0.25, 0.3) is 5.56 Å². The number of aromatic nitrogens is 2. The summed E-state index contributed by atoms with van der Waals surface area (Å²) in [5.41, 5.74) is 6.16. The third-order valence-corrected chi connectivity index (χ3v) is 1.62. The molecule has 0 unspecified atom stereocenters. The molecule has 0 aliphatic rings. The van der Waals surface area contributed by atoms with Gasteiger partial charge in [0.1, 0.15) is 0 Å². The second-order valence-corrected chi connectivity index (χ2v) is 2.53. The molecule has 1 heterocycles. The molecule has 0 amide bonds. The van der Waals surface area contributed by atoms with Crippen LogP contribution in [0.25, 0.3) is 0 Å². The lowest BCUT2D eigenvalue weighted by atomic mass is 10.3. The van der Waals surface area contributed by atoms with Crippen LogP contribution in [0.4, 0.5) is 0 Å².